The number of hydrogen-bond acceptors (Lipinski definition) is 3. The molecule has 21 heavy (non-hydrogen) atoms. The zero-order valence-corrected chi connectivity index (χ0v) is 12.8. The summed E-state index contributed by atoms with van der Waals surface area (Å²) < 4.78 is 5.29. The molecule has 1 aliphatic heterocycles. The van der Waals surface area contributed by atoms with Crippen LogP contribution in [0.4, 0.5) is 0 Å². The first kappa shape index (κ1) is 14.3. The standard InChI is InChI=1S/C16H13ClO3S/c1-10-16(20-10,15(18)19)12-6-4-11(5-7-12)9-13(17)14-3-2-8-21-14/h2-10H,1H3,(H,18,19)/b13-9-. The molecule has 2 heterocycles. The number of thiophene rings is 1. The van der Waals surface area contributed by atoms with Crippen molar-refractivity contribution in [3.05, 3.63) is 57.8 Å². The predicted molar refractivity (Wildman–Crippen MR) is 84.3 cm³/mol. The summed E-state index contributed by atoms with van der Waals surface area (Å²) >= 11 is 7.82. The third kappa shape index (κ3) is 2.50. The fourth-order valence-corrected chi connectivity index (χ4v) is 3.31. The van der Waals surface area contributed by atoms with Gasteiger partial charge in [0.15, 0.2) is 0 Å². The molecule has 0 aliphatic carbocycles. The van der Waals surface area contributed by atoms with Gasteiger partial charge in [-0.05, 0) is 35.6 Å². The highest BCUT2D eigenvalue weighted by atomic mass is 35.5. The van der Waals surface area contributed by atoms with Crippen molar-refractivity contribution in [2.24, 2.45) is 0 Å². The Morgan fingerprint density at radius 1 is 1.38 bits per heavy atom. The number of carbonyl (C=O) groups is 1. The summed E-state index contributed by atoms with van der Waals surface area (Å²) in [5.74, 6) is -0.949. The summed E-state index contributed by atoms with van der Waals surface area (Å²) in [7, 11) is 0. The first-order valence-corrected chi connectivity index (χ1v) is 7.72. The molecule has 3 rings (SSSR count). The summed E-state index contributed by atoms with van der Waals surface area (Å²) in [6.45, 7) is 1.76. The van der Waals surface area contributed by atoms with Crippen LogP contribution in [-0.4, -0.2) is 17.2 Å². The van der Waals surface area contributed by atoms with Crippen molar-refractivity contribution in [2.75, 3.05) is 0 Å². The van der Waals surface area contributed by atoms with E-state index in [1.165, 1.54) is 0 Å². The number of carboxylic acids is 1. The number of ether oxygens (including phenoxy) is 1. The van der Waals surface area contributed by atoms with Gasteiger partial charge in [-0.1, -0.05) is 41.9 Å². The third-order valence-electron chi connectivity index (χ3n) is 3.59. The first-order valence-electron chi connectivity index (χ1n) is 6.47. The van der Waals surface area contributed by atoms with Crippen molar-refractivity contribution in [1.29, 1.82) is 0 Å². The van der Waals surface area contributed by atoms with E-state index in [4.69, 9.17) is 16.3 Å². The SMILES string of the molecule is CC1OC1(C(=O)O)c1ccc(/C=C(\Cl)c2cccs2)cc1. The van der Waals surface area contributed by atoms with Crippen LogP contribution >= 0.6 is 22.9 Å². The lowest BCUT2D eigenvalue weighted by molar-refractivity contribution is -0.143. The minimum absolute atomic E-state index is 0.300. The van der Waals surface area contributed by atoms with Crippen molar-refractivity contribution in [2.45, 2.75) is 18.6 Å². The molecular weight excluding hydrogens is 308 g/mol. The van der Waals surface area contributed by atoms with E-state index in [1.807, 2.05) is 35.7 Å². The Hall–Kier alpha value is -1.62. The summed E-state index contributed by atoms with van der Waals surface area (Å²) in [5, 5.41) is 11.9. The zero-order chi connectivity index (χ0) is 15.0. The van der Waals surface area contributed by atoms with Gasteiger partial charge in [0, 0.05) is 4.88 Å². The Morgan fingerprint density at radius 2 is 2.05 bits per heavy atom. The van der Waals surface area contributed by atoms with Crippen LogP contribution in [-0.2, 0) is 15.1 Å². The van der Waals surface area contributed by atoms with Crippen LogP contribution in [0.3, 0.4) is 0 Å². The summed E-state index contributed by atoms with van der Waals surface area (Å²) in [4.78, 5) is 12.4. The van der Waals surface area contributed by atoms with Gasteiger partial charge < -0.3 is 9.84 Å². The topological polar surface area (TPSA) is 49.8 Å². The van der Waals surface area contributed by atoms with E-state index >= 15 is 0 Å². The number of epoxide rings is 1. The zero-order valence-electron chi connectivity index (χ0n) is 11.2. The lowest BCUT2D eigenvalue weighted by Crippen LogP contribution is -2.23. The molecule has 1 aromatic heterocycles. The van der Waals surface area contributed by atoms with Gasteiger partial charge in [-0.15, -0.1) is 11.3 Å². The van der Waals surface area contributed by atoms with Crippen LogP contribution in [0, 0.1) is 0 Å². The van der Waals surface area contributed by atoms with Crippen molar-refractivity contribution in [3.63, 3.8) is 0 Å². The molecule has 0 amide bonds. The van der Waals surface area contributed by atoms with Crippen LogP contribution < -0.4 is 0 Å². The van der Waals surface area contributed by atoms with Crippen molar-refractivity contribution < 1.29 is 14.6 Å². The predicted octanol–water partition coefficient (Wildman–Crippen LogP) is 4.18. The number of rotatable bonds is 4. The molecular formula is C16H13ClO3S. The fraction of sp³-hybridized carbons (Fsp3) is 0.188. The molecule has 1 saturated heterocycles. The fourth-order valence-electron chi connectivity index (χ4n) is 2.35. The molecule has 0 saturated carbocycles. The largest absolute Gasteiger partial charge is 0.479 e. The van der Waals surface area contributed by atoms with E-state index in [0.717, 1.165) is 10.4 Å². The maximum Gasteiger partial charge on any atom is 0.343 e. The van der Waals surface area contributed by atoms with Gasteiger partial charge >= 0.3 is 5.97 Å². The van der Waals surface area contributed by atoms with Crippen LogP contribution in [0.15, 0.2) is 41.8 Å². The highest BCUT2D eigenvalue weighted by Gasteiger charge is 2.61. The van der Waals surface area contributed by atoms with Crippen LogP contribution in [0.25, 0.3) is 11.1 Å². The second kappa shape index (κ2) is 5.30. The third-order valence-corrected chi connectivity index (χ3v) is 4.91. The highest BCUT2D eigenvalue weighted by molar-refractivity contribution is 7.12. The van der Waals surface area contributed by atoms with Gasteiger partial charge in [0.25, 0.3) is 0 Å². The van der Waals surface area contributed by atoms with Gasteiger partial charge in [-0.25, -0.2) is 4.79 Å². The number of carboxylic acid groups (broad SMARTS) is 1. The van der Waals surface area contributed by atoms with E-state index in [1.54, 1.807) is 30.4 Å². The highest BCUT2D eigenvalue weighted by Crippen LogP contribution is 2.46. The average molecular weight is 321 g/mol. The van der Waals surface area contributed by atoms with E-state index in [2.05, 4.69) is 0 Å². The Morgan fingerprint density at radius 3 is 2.52 bits per heavy atom. The van der Waals surface area contributed by atoms with Gasteiger partial charge in [-0.3, -0.25) is 0 Å². The van der Waals surface area contributed by atoms with Crippen LogP contribution in [0.2, 0.25) is 0 Å². The van der Waals surface area contributed by atoms with E-state index < -0.39 is 11.6 Å². The number of aliphatic carboxylic acids is 1. The molecule has 2 unspecified atom stereocenters. The molecule has 1 fully saturated rings. The number of benzene rings is 1. The van der Waals surface area contributed by atoms with Gasteiger partial charge in [-0.2, -0.15) is 0 Å². The van der Waals surface area contributed by atoms with Crippen molar-refractivity contribution in [1.82, 2.24) is 0 Å². The average Bonchev–Trinajstić information content (AvgIpc) is 2.90. The number of hydrogen-bond donors (Lipinski definition) is 1. The lowest BCUT2D eigenvalue weighted by Gasteiger charge is -2.08. The Labute approximate surface area is 131 Å². The summed E-state index contributed by atoms with van der Waals surface area (Å²) in [6, 6.07) is 11.2. The number of halogens is 1. The first-order chi connectivity index (χ1) is 10.0. The molecule has 5 heteroatoms. The molecule has 2 aromatic rings. The Balaban J connectivity index is 1.86. The van der Waals surface area contributed by atoms with E-state index in [9.17, 15) is 9.90 Å². The minimum atomic E-state index is -1.18. The Bertz CT molecular complexity index is 691. The van der Waals surface area contributed by atoms with E-state index in [-0.39, 0.29) is 6.10 Å². The maximum absolute atomic E-state index is 11.4. The molecule has 1 N–H and O–H groups in total. The maximum atomic E-state index is 11.4. The summed E-state index contributed by atoms with van der Waals surface area (Å²) in [6.07, 6.45) is 1.56. The molecule has 1 aliphatic rings. The molecule has 108 valence electrons. The molecule has 0 bridgehead atoms. The van der Waals surface area contributed by atoms with Gasteiger partial charge in [0.2, 0.25) is 5.60 Å². The second-order valence-electron chi connectivity index (χ2n) is 4.89. The van der Waals surface area contributed by atoms with Crippen LogP contribution in [0.1, 0.15) is 22.9 Å². The second-order valence-corrected chi connectivity index (χ2v) is 6.25. The molecule has 0 radical (unpaired) electrons. The van der Waals surface area contributed by atoms with E-state index in [0.29, 0.717) is 10.6 Å². The van der Waals surface area contributed by atoms with Crippen molar-refractivity contribution in [3.8, 4) is 0 Å². The van der Waals surface area contributed by atoms with Crippen LogP contribution in [0.5, 0.6) is 0 Å². The minimum Gasteiger partial charge on any atom is -0.479 e. The van der Waals surface area contributed by atoms with Crippen molar-refractivity contribution >= 4 is 40.0 Å². The smallest absolute Gasteiger partial charge is 0.343 e. The molecule has 0 spiro atoms. The van der Waals surface area contributed by atoms with Gasteiger partial charge in [0.1, 0.15) is 6.10 Å². The quantitative estimate of drug-likeness (QED) is 0.860. The monoisotopic (exact) mass is 320 g/mol. The molecule has 2 atom stereocenters. The summed E-state index contributed by atoms with van der Waals surface area (Å²) in [5.41, 5.74) is 0.401. The molecule has 1 aromatic carbocycles. The lowest BCUT2D eigenvalue weighted by atomic mass is 9.95. The molecule has 3 nitrogen and oxygen atoms in total. The Kier molecular flexibility index (Phi) is 3.61. The normalized spacial score (nSPS) is 24.9. The van der Waals surface area contributed by atoms with Gasteiger partial charge in [0.05, 0.1) is 5.03 Å².